The summed E-state index contributed by atoms with van der Waals surface area (Å²) >= 11 is 0. The summed E-state index contributed by atoms with van der Waals surface area (Å²) in [6.45, 7) is 6.64. The van der Waals surface area contributed by atoms with Gasteiger partial charge in [-0.1, -0.05) is 73.0 Å². The summed E-state index contributed by atoms with van der Waals surface area (Å²) in [4.78, 5) is 0. The standard InChI is InChI=1S/C20H24Si/c1-4-5-6-11-16-21(19-14-9-7-12-17(19)2)20-15-10-8-13-18(20)3/h7-10,12-15,21H,4-6H2,1-3H3. The minimum absolute atomic E-state index is 1.03. The van der Waals surface area contributed by atoms with Crippen LogP contribution in [0.1, 0.15) is 37.3 Å². The molecule has 0 unspecified atom stereocenters. The summed E-state index contributed by atoms with van der Waals surface area (Å²) in [5, 5.41) is 2.94. The van der Waals surface area contributed by atoms with Crippen molar-refractivity contribution in [3.8, 4) is 11.5 Å². The Morgan fingerprint density at radius 3 is 1.86 bits per heavy atom. The van der Waals surface area contributed by atoms with E-state index < -0.39 is 8.80 Å². The Balaban J connectivity index is 2.42. The van der Waals surface area contributed by atoms with E-state index in [-0.39, 0.29) is 0 Å². The molecule has 0 spiro atoms. The van der Waals surface area contributed by atoms with E-state index in [1.54, 1.807) is 0 Å². The van der Waals surface area contributed by atoms with E-state index in [9.17, 15) is 0 Å². The number of hydrogen-bond donors (Lipinski definition) is 0. The molecule has 0 bridgehead atoms. The van der Waals surface area contributed by atoms with Crippen molar-refractivity contribution in [1.29, 1.82) is 0 Å². The molecule has 0 nitrogen and oxygen atoms in total. The monoisotopic (exact) mass is 292 g/mol. The lowest BCUT2D eigenvalue weighted by Gasteiger charge is -2.15. The van der Waals surface area contributed by atoms with Gasteiger partial charge in [-0.15, -0.1) is 11.5 Å². The van der Waals surface area contributed by atoms with Crippen molar-refractivity contribution in [2.75, 3.05) is 0 Å². The molecule has 0 saturated carbocycles. The average Bonchev–Trinajstić information content (AvgIpc) is 2.50. The molecular weight excluding hydrogens is 268 g/mol. The molecule has 108 valence electrons. The van der Waals surface area contributed by atoms with Crippen molar-refractivity contribution >= 4 is 19.2 Å². The van der Waals surface area contributed by atoms with Crippen LogP contribution in [-0.4, -0.2) is 8.80 Å². The van der Waals surface area contributed by atoms with E-state index in [1.807, 2.05) is 0 Å². The zero-order chi connectivity index (χ0) is 15.1. The van der Waals surface area contributed by atoms with Gasteiger partial charge in [-0.2, -0.15) is 0 Å². The summed E-state index contributed by atoms with van der Waals surface area (Å²) in [5.74, 6) is 3.45. The Labute approximate surface area is 130 Å². The molecule has 0 aliphatic rings. The maximum atomic E-state index is 3.66. The number of hydrogen-bond acceptors (Lipinski definition) is 0. The molecule has 21 heavy (non-hydrogen) atoms. The van der Waals surface area contributed by atoms with E-state index >= 15 is 0 Å². The van der Waals surface area contributed by atoms with Crippen molar-refractivity contribution in [3.63, 3.8) is 0 Å². The van der Waals surface area contributed by atoms with Crippen molar-refractivity contribution in [1.82, 2.24) is 0 Å². The SMILES string of the molecule is CCCCC#C[SiH](c1ccccc1C)c1ccccc1C. The van der Waals surface area contributed by atoms with Gasteiger partial charge in [0.05, 0.1) is 0 Å². The second-order valence-corrected chi connectivity index (χ2v) is 7.97. The zero-order valence-corrected chi connectivity index (χ0v) is 14.5. The summed E-state index contributed by atoms with van der Waals surface area (Å²) in [7, 11) is -1.43. The lowest BCUT2D eigenvalue weighted by molar-refractivity contribution is 0.828. The van der Waals surface area contributed by atoms with E-state index in [0.29, 0.717) is 0 Å². The maximum Gasteiger partial charge on any atom is 0.184 e. The predicted molar refractivity (Wildman–Crippen MR) is 96.1 cm³/mol. The number of rotatable bonds is 4. The van der Waals surface area contributed by atoms with Crippen LogP contribution in [0.25, 0.3) is 0 Å². The van der Waals surface area contributed by atoms with Gasteiger partial charge in [0.15, 0.2) is 8.80 Å². The summed E-state index contributed by atoms with van der Waals surface area (Å²) in [6, 6.07) is 17.5. The fourth-order valence-electron chi connectivity index (χ4n) is 2.58. The molecule has 0 heterocycles. The fraction of sp³-hybridized carbons (Fsp3) is 0.300. The third-order valence-corrected chi connectivity index (χ3v) is 6.93. The first-order chi connectivity index (χ1) is 10.2. The topological polar surface area (TPSA) is 0 Å². The van der Waals surface area contributed by atoms with Crippen LogP contribution in [0.15, 0.2) is 48.5 Å². The van der Waals surface area contributed by atoms with E-state index in [0.717, 1.165) is 6.42 Å². The summed E-state index contributed by atoms with van der Waals surface area (Å²) < 4.78 is 0. The molecule has 0 radical (unpaired) electrons. The molecule has 0 aliphatic carbocycles. The zero-order valence-electron chi connectivity index (χ0n) is 13.3. The lowest BCUT2D eigenvalue weighted by atomic mass is 10.2. The van der Waals surface area contributed by atoms with Crippen molar-refractivity contribution in [2.45, 2.75) is 40.0 Å². The minimum Gasteiger partial charge on any atom is -0.124 e. The van der Waals surface area contributed by atoms with Crippen LogP contribution in [0.4, 0.5) is 0 Å². The van der Waals surface area contributed by atoms with Crippen molar-refractivity contribution in [2.24, 2.45) is 0 Å². The highest BCUT2D eigenvalue weighted by molar-refractivity contribution is 6.92. The van der Waals surface area contributed by atoms with Gasteiger partial charge in [-0.3, -0.25) is 0 Å². The maximum absolute atomic E-state index is 3.66. The van der Waals surface area contributed by atoms with Crippen LogP contribution in [-0.2, 0) is 0 Å². The summed E-state index contributed by atoms with van der Waals surface area (Å²) in [6.07, 6.45) is 3.45. The second-order valence-electron chi connectivity index (χ2n) is 5.57. The highest BCUT2D eigenvalue weighted by Gasteiger charge is 2.17. The first kappa shape index (κ1) is 15.6. The Morgan fingerprint density at radius 1 is 0.857 bits per heavy atom. The van der Waals surface area contributed by atoms with E-state index in [4.69, 9.17) is 0 Å². The fourth-order valence-corrected chi connectivity index (χ4v) is 5.29. The van der Waals surface area contributed by atoms with Gasteiger partial charge in [0, 0.05) is 6.42 Å². The largest absolute Gasteiger partial charge is 0.184 e. The minimum atomic E-state index is -1.43. The smallest absolute Gasteiger partial charge is 0.124 e. The molecule has 0 aromatic heterocycles. The Bertz CT molecular complexity index is 601. The first-order valence-electron chi connectivity index (χ1n) is 7.83. The Kier molecular flexibility index (Phi) is 5.84. The highest BCUT2D eigenvalue weighted by Crippen LogP contribution is 2.01. The molecule has 1 heteroatoms. The number of aryl methyl sites for hydroxylation is 2. The van der Waals surface area contributed by atoms with Crippen molar-refractivity contribution < 1.29 is 0 Å². The van der Waals surface area contributed by atoms with Gasteiger partial charge in [0.1, 0.15) is 0 Å². The molecule has 2 aromatic carbocycles. The van der Waals surface area contributed by atoms with Gasteiger partial charge in [0.2, 0.25) is 0 Å². The van der Waals surface area contributed by atoms with E-state index in [1.165, 1.54) is 34.3 Å². The second kappa shape index (κ2) is 7.86. The number of unbranched alkanes of at least 4 members (excludes halogenated alkanes) is 2. The molecule has 0 atom stereocenters. The van der Waals surface area contributed by atoms with Crippen LogP contribution in [0.3, 0.4) is 0 Å². The quantitative estimate of drug-likeness (QED) is 0.460. The predicted octanol–water partition coefficient (Wildman–Crippen LogP) is 3.38. The molecule has 0 N–H and O–H groups in total. The van der Waals surface area contributed by atoms with Crippen LogP contribution in [0.2, 0.25) is 0 Å². The van der Waals surface area contributed by atoms with E-state index in [2.05, 4.69) is 80.8 Å². The van der Waals surface area contributed by atoms with Crippen LogP contribution >= 0.6 is 0 Å². The summed E-state index contributed by atoms with van der Waals surface area (Å²) in [5.41, 5.74) is 6.41. The number of benzene rings is 2. The highest BCUT2D eigenvalue weighted by atomic mass is 28.3. The van der Waals surface area contributed by atoms with Gasteiger partial charge in [-0.25, -0.2) is 0 Å². The van der Waals surface area contributed by atoms with Crippen LogP contribution < -0.4 is 10.4 Å². The lowest BCUT2D eigenvalue weighted by Crippen LogP contribution is -2.43. The molecular formula is C20H24Si. The molecule has 2 rings (SSSR count). The third-order valence-electron chi connectivity index (χ3n) is 3.90. The van der Waals surface area contributed by atoms with Gasteiger partial charge >= 0.3 is 0 Å². The first-order valence-corrected chi connectivity index (χ1v) is 9.56. The van der Waals surface area contributed by atoms with Crippen molar-refractivity contribution in [3.05, 3.63) is 59.7 Å². The van der Waals surface area contributed by atoms with Crippen LogP contribution in [0, 0.1) is 25.3 Å². The average molecular weight is 292 g/mol. The molecule has 0 amide bonds. The molecule has 0 fully saturated rings. The van der Waals surface area contributed by atoms with Gasteiger partial charge < -0.3 is 0 Å². The molecule has 0 aliphatic heterocycles. The van der Waals surface area contributed by atoms with Gasteiger partial charge in [-0.05, 0) is 30.6 Å². The third kappa shape index (κ3) is 4.09. The van der Waals surface area contributed by atoms with Crippen LogP contribution in [0.5, 0.6) is 0 Å². The Morgan fingerprint density at radius 2 is 1.38 bits per heavy atom. The molecule has 0 saturated heterocycles. The normalized spacial score (nSPS) is 10.3. The molecule has 2 aromatic rings. The Hall–Kier alpha value is -1.78. The van der Waals surface area contributed by atoms with Gasteiger partial charge in [0.25, 0.3) is 0 Å².